The van der Waals surface area contributed by atoms with Crippen molar-refractivity contribution in [2.24, 2.45) is 5.92 Å². The molecule has 1 N–H and O–H groups in total. The summed E-state index contributed by atoms with van der Waals surface area (Å²) in [5, 5.41) is 18.2. The highest BCUT2D eigenvalue weighted by molar-refractivity contribution is 7.89. The van der Waals surface area contributed by atoms with Gasteiger partial charge in [0.15, 0.2) is 0 Å². The van der Waals surface area contributed by atoms with Gasteiger partial charge in [-0.15, -0.1) is 5.10 Å². The number of aromatic nitrogens is 3. The van der Waals surface area contributed by atoms with E-state index < -0.39 is 16.1 Å². The van der Waals surface area contributed by atoms with Crippen LogP contribution >= 0.6 is 11.6 Å². The summed E-state index contributed by atoms with van der Waals surface area (Å²) in [6, 6.07) is 5.63. The van der Waals surface area contributed by atoms with Crippen molar-refractivity contribution in [1.82, 2.24) is 24.2 Å². The number of benzene rings is 1. The molecule has 10 nitrogen and oxygen atoms in total. The number of ether oxygens (including phenoxy) is 1. The summed E-state index contributed by atoms with van der Waals surface area (Å²) in [6.45, 7) is 4.66. The van der Waals surface area contributed by atoms with Gasteiger partial charge in [0.05, 0.1) is 42.1 Å². The molecule has 34 heavy (non-hydrogen) atoms. The number of carbonyl (C=O) groups is 1. The van der Waals surface area contributed by atoms with Crippen molar-refractivity contribution in [2.75, 3.05) is 26.7 Å². The first-order valence-corrected chi connectivity index (χ1v) is 13.1. The van der Waals surface area contributed by atoms with Crippen molar-refractivity contribution in [3.8, 4) is 0 Å². The van der Waals surface area contributed by atoms with E-state index in [4.69, 9.17) is 16.3 Å². The molecule has 1 aliphatic heterocycles. The van der Waals surface area contributed by atoms with Gasteiger partial charge in [-0.05, 0) is 37.6 Å². The predicted octanol–water partition coefficient (Wildman–Crippen LogP) is 1.78. The third-order valence-corrected chi connectivity index (χ3v) is 8.19. The monoisotopic (exact) mass is 513 g/mol. The van der Waals surface area contributed by atoms with Gasteiger partial charge in [-0.3, -0.25) is 4.79 Å². The van der Waals surface area contributed by atoms with Gasteiger partial charge in [0.1, 0.15) is 0 Å². The second-order valence-electron chi connectivity index (χ2n) is 8.70. The largest absolute Gasteiger partial charge is 0.394 e. The first-order valence-electron chi connectivity index (χ1n) is 11.2. The lowest BCUT2D eigenvalue weighted by molar-refractivity contribution is -0.136. The zero-order valence-electron chi connectivity index (χ0n) is 19.7. The molecule has 0 radical (unpaired) electrons. The molecular weight excluding hydrogens is 482 g/mol. The topological polar surface area (TPSA) is 118 Å². The standard InChI is InChI=1S/C22H32ClN5O5S/c1-16-12-27(17(2)14-29)22(30)5-4-10-28-19(11-24-25-28)15-33-21(16)13-26(3)34(31,32)20-8-6-18(23)7-9-20/h6-9,11,16-17,21,29H,4-5,10,12-15H2,1-3H3/t16-,17-,21+/m0/s1. The Labute approximate surface area is 205 Å². The molecule has 0 spiro atoms. The lowest BCUT2D eigenvalue weighted by Gasteiger charge is -2.35. The number of likely N-dealkylation sites (N-methyl/N-ethyl adjacent to an activating group) is 1. The Hall–Kier alpha value is -2.05. The Balaban J connectivity index is 1.86. The van der Waals surface area contributed by atoms with Crippen LogP contribution in [0.15, 0.2) is 35.4 Å². The maximum Gasteiger partial charge on any atom is 0.242 e. The third kappa shape index (κ3) is 6.33. The molecule has 0 unspecified atom stereocenters. The number of sulfonamides is 1. The van der Waals surface area contributed by atoms with E-state index in [0.717, 1.165) is 5.69 Å². The van der Waals surface area contributed by atoms with Crippen LogP contribution in [0.4, 0.5) is 0 Å². The normalized spacial score (nSPS) is 21.6. The molecule has 0 saturated heterocycles. The first kappa shape index (κ1) is 26.6. The number of amides is 1. The molecular formula is C22H32ClN5O5S. The Morgan fingerprint density at radius 1 is 1.32 bits per heavy atom. The van der Waals surface area contributed by atoms with Crippen LogP contribution in [-0.4, -0.2) is 82.5 Å². The van der Waals surface area contributed by atoms with Crippen LogP contribution < -0.4 is 0 Å². The van der Waals surface area contributed by atoms with E-state index in [1.807, 2.05) is 6.92 Å². The van der Waals surface area contributed by atoms with Crippen molar-refractivity contribution in [1.29, 1.82) is 0 Å². The van der Waals surface area contributed by atoms with E-state index >= 15 is 0 Å². The molecule has 188 valence electrons. The molecule has 1 amide bonds. The molecule has 1 aromatic heterocycles. The summed E-state index contributed by atoms with van der Waals surface area (Å²) in [5.74, 6) is -0.291. The molecule has 0 fully saturated rings. The Bertz CT molecular complexity index is 1060. The predicted molar refractivity (Wildman–Crippen MR) is 127 cm³/mol. The molecule has 1 aromatic carbocycles. The highest BCUT2D eigenvalue weighted by Crippen LogP contribution is 2.22. The third-order valence-electron chi connectivity index (χ3n) is 6.10. The highest BCUT2D eigenvalue weighted by Gasteiger charge is 2.31. The Morgan fingerprint density at radius 3 is 2.71 bits per heavy atom. The number of fused-ring (bicyclic) bond motifs is 1. The zero-order chi connectivity index (χ0) is 24.9. The van der Waals surface area contributed by atoms with Gasteiger partial charge in [-0.1, -0.05) is 23.7 Å². The first-order chi connectivity index (χ1) is 16.1. The number of hydrogen-bond acceptors (Lipinski definition) is 7. The molecule has 0 saturated carbocycles. The van der Waals surface area contributed by atoms with Gasteiger partial charge in [0.25, 0.3) is 0 Å². The fourth-order valence-corrected chi connectivity index (χ4v) is 5.19. The Morgan fingerprint density at radius 2 is 2.03 bits per heavy atom. The number of nitrogens with zero attached hydrogens (tertiary/aromatic N) is 5. The van der Waals surface area contributed by atoms with Gasteiger partial charge in [-0.2, -0.15) is 4.31 Å². The molecule has 2 heterocycles. The van der Waals surface area contributed by atoms with Crippen LogP contribution in [0.3, 0.4) is 0 Å². The van der Waals surface area contributed by atoms with Gasteiger partial charge in [-0.25, -0.2) is 13.1 Å². The summed E-state index contributed by atoms with van der Waals surface area (Å²) < 4.78 is 35.4. The number of carbonyl (C=O) groups excluding carboxylic acids is 1. The quantitative estimate of drug-likeness (QED) is 0.625. The molecule has 2 aromatic rings. The minimum Gasteiger partial charge on any atom is -0.394 e. The van der Waals surface area contributed by atoms with Gasteiger partial charge < -0.3 is 14.7 Å². The number of aliphatic hydroxyl groups excluding tert-OH is 1. The average Bonchev–Trinajstić information content (AvgIpc) is 3.25. The van der Waals surface area contributed by atoms with Crippen LogP contribution in [0.1, 0.15) is 32.4 Å². The maximum atomic E-state index is 13.1. The summed E-state index contributed by atoms with van der Waals surface area (Å²) in [7, 11) is -2.28. The fourth-order valence-electron chi connectivity index (χ4n) is 3.88. The van der Waals surface area contributed by atoms with E-state index in [2.05, 4.69) is 10.3 Å². The van der Waals surface area contributed by atoms with Crippen molar-refractivity contribution in [2.45, 2.75) is 56.9 Å². The fraction of sp³-hybridized carbons (Fsp3) is 0.591. The van der Waals surface area contributed by atoms with Crippen molar-refractivity contribution < 1.29 is 23.1 Å². The van der Waals surface area contributed by atoms with Crippen molar-refractivity contribution in [3.63, 3.8) is 0 Å². The molecule has 12 heteroatoms. The van der Waals surface area contributed by atoms with E-state index in [-0.39, 0.29) is 42.5 Å². The summed E-state index contributed by atoms with van der Waals surface area (Å²) in [6.07, 6.45) is 1.98. The number of aryl methyl sites for hydroxylation is 1. The lowest BCUT2D eigenvalue weighted by atomic mass is 10.0. The molecule has 0 aliphatic carbocycles. The number of hydrogen-bond donors (Lipinski definition) is 1. The highest BCUT2D eigenvalue weighted by atomic mass is 35.5. The van der Waals surface area contributed by atoms with E-state index in [0.29, 0.717) is 31.0 Å². The summed E-state index contributed by atoms with van der Waals surface area (Å²) in [5.41, 5.74) is 0.758. The lowest BCUT2D eigenvalue weighted by Crippen LogP contribution is -2.47. The van der Waals surface area contributed by atoms with Gasteiger partial charge in [0.2, 0.25) is 15.9 Å². The van der Waals surface area contributed by atoms with E-state index in [1.54, 1.807) is 22.7 Å². The second kappa shape index (κ2) is 11.6. The molecule has 0 bridgehead atoms. The minimum absolute atomic E-state index is 0.0726. The van der Waals surface area contributed by atoms with Crippen LogP contribution in [-0.2, 0) is 32.7 Å². The summed E-state index contributed by atoms with van der Waals surface area (Å²) in [4.78, 5) is 14.7. The molecule has 1 aliphatic rings. The van der Waals surface area contributed by atoms with Crippen LogP contribution in [0.2, 0.25) is 5.02 Å². The Kier molecular flexibility index (Phi) is 9.05. The van der Waals surface area contributed by atoms with Gasteiger partial charge >= 0.3 is 0 Å². The van der Waals surface area contributed by atoms with Gasteiger partial charge in [0, 0.05) is 44.0 Å². The van der Waals surface area contributed by atoms with E-state index in [1.165, 1.54) is 35.6 Å². The molecule has 3 atom stereocenters. The van der Waals surface area contributed by atoms with Crippen molar-refractivity contribution in [3.05, 3.63) is 41.2 Å². The van der Waals surface area contributed by atoms with Crippen LogP contribution in [0.5, 0.6) is 0 Å². The average molecular weight is 514 g/mol. The number of halogens is 1. The second-order valence-corrected chi connectivity index (χ2v) is 11.2. The zero-order valence-corrected chi connectivity index (χ0v) is 21.2. The minimum atomic E-state index is -3.78. The van der Waals surface area contributed by atoms with Crippen LogP contribution in [0.25, 0.3) is 0 Å². The number of rotatable bonds is 6. The summed E-state index contributed by atoms with van der Waals surface area (Å²) >= 11 is 5.91. The number of aliphatic hydroxyl groups is 1. The SMILES string of the molecule is C[C@H]1CN([C@@H](C)CO)C(=O)CCCn2nncc2CO[C@@H]1CN(C)S(=O)(=O)c1ccc(Cl)cc1. The van der Waals surface area contributed by atoms with Crippen LogP contribution in [0, 0.1) is 5.92 Å². The van der Waals surface area contributed by atoms with Crippen molar-refractivity contribution >= 4 is 27.5 Å². The molecule has 3 rings (SSSR count). The smallest absolute Gasteiger partial charge is 0.242 e. The maximum absolute atomic E-state index is 13.1. The van der Waals surface area contributed by atoms with E-state index in [9.17, 15) is 18.3 Å².